The van der Waals surface area contributed by atoms with E-state index in [2.05, 4.69) is 0 Å². The van der Waals surface area contributed by atoms with Crippen LogP contribution in [-0.4, -0.2) is 4.92 Å². The first-order valence-electron chi connectivity index (χ1n) is 2.92. The van der Waals surface area contributed by atoms with Gasteiger partial charge < -0.3 is 0 Å². The molecule has 0 N–H and O–H groups in total. The molecule has 0 aliphatic heterocycles. The van der Waals surface area contributed by atoms with Crippen LogP contribution in [0.5, 0.6) is 0 Å². The minimum atomic E-state index is -0.970. The lowest BCUT2D eigenvalue weighted by molar-refractivity contribution is -0.384. The van der Waals surface area contributed by atoms with Gasteiger partial charge in [0.15, 0.2) is 0 Å². The number of nitrogens with zero attached hydrogens (tertiary/aromatic N) is 1. The van der Waals surface area contributed by atoms with Gasteiger partial charge in [-0.3, -0.25) is 10.1 Å². The molecular weight excluding hydrogens is 243 g/mol. The molecule has 0 aromatic heterocycles. The molecule has 70 valence electrons. The smallest absolute Gasteiger partial charge is 0.258 e. The van der Waals surface area contributed by atoms with Crippen molar-refractivity contribution < 1.29 is 9.31 Å². The van der Waals surface area contributed by atoms with Crippen LogP contribution >= 0.6 is 34.8 Å². The number of rotatable bonds is 1. The van der Waals surface area contributed by atoms with E-state index in [9.17, 15) is 14.5 Å². The maximum Gasteiger partial charge on any atom is 0.292 e. The lowest BCUT2D eigenvalue weighted by Gasteiger charge is -2.00. The number of hydrogen-bond acceptors (Lipinski definition) is 2. The zero-order valence-corrected chi connectivity index (χ0v) is 8.12. The van der Waals surface area contributed by atoms with Gasteiger partial charge in [0.05, 0.1) is 21.0 Å². The standard InChI is InChI=1S/C6HCl3FNO2/c7-4-2(10)1-3(11(12)13)5(8)6(4)9/h1H. The van der Waals surface area contributed by atoms with Crippen molar-refractivity contribution >= 4 is 40.5 Å². The summed E-state index contributed by atoms with van der Waals surface area (Å²) in [5.74, 6) is -0.970. The third-order valence-electron chi connectivity index (χ3n) is 1.28. The molecule has 1 aromatic rings. The van der Waals surface area contributed by atoms with Gasteiger partial charge >= 0.3 is 0 Å². The summed E-state index contributed by atoms with van der Waals surface area (Å²) in [6, 6.07) is 0.622. The Labute approximate surface area is 87.2 Å². The van der Waals surface area contributed by atoms with Gasteiger partial charge in [-0.25, -0.2) is 4.39 Å². The Kier molecular flexibility index (Phi) is 2.95. The highest BCUT2D eigenvalue weighted by molar-refractivity contribution is 6.48. The summed E-state index contributed by atoms with van der Waals surface area (Å²) in [6.07, 6.45) is 0. The van der Waals surface area contributed by atoms with Gasteiger partial charge in [0.25, 0.3) is 5.69 Å². The summed E-state index contributed by atoms with van der Waals surface area (Å²) in [7, 11) is 0. The SMILES string of the molecule is O=[N+]([O-])c1cc(F)c(Cl)c(Cl)c1Cl. The Morgan fingerprint density at radius 3 is 2.23 bits per heavy atom. The predicted molar refractivity (Wildman–Crippen MR) is 48.1 cm³/mol. The largest absolute Gasteiger partial charge is 0.292 e. The van der Waals surface area contributed by atoms with Crippen molar-refractivity contribution in [3.05, 3.63) is 37.1 Å². The van der Waals surface area contributed by atoms with Gasteiger partial charge in [0.1, 0.15) is 10.8 Å². The van der Waals surface area contributed by atoms with Crippen LogP contribution in [0, 0.1) is 15.9 Å². The number of benzene rings is 1. The summed E-state index contributed by atoms with van der Waals surface area (Å²) >= 11 is 16.2. The first kappa shape index (κ1) is 10.5. The Hall–Kier alpha value is -0.580. The quantitative estimate of drug-likeness (QED) is 0.327. The van der Waals surface area contributed by atoms with Crippen LogP contribution in [0.3, 0.4) is 0 Å². The number of nitro groups is 1. The molecule has 0 aliphatic carbocycles. The van der Waals surface area contributed by atoms with E-state index >= 15 is 0 Å². The number of nitro benzene ring substituents is 1. The van der Waals surface area contributed by atoms with Crippen LogP contribution in [0.4, 0.5) is 10.1 Å². The third kappa shape index (κ3) is 1.85. The first-order valence-corrected chi connectivity index (χ1v) is 4.06. The molecule has 0 atom stereocenters. The molecule has 0 saturated heterocycles. The summed E-state index contributed by atoms with van der Waals surface area (Å²) in [5, 5.41) is 9.16. The molecule has 0 aliphatic rings. The van der Waals surface area contributed by atoms with E-state index in [1.165, 1.54) is 0 Å². The molecular formula is C6HCl3FNO2. The van der Waals surface area contributed by atoms with Gasteiger partial charge in [0, 0.05) is 0 Å². The van der Waals surface area contributed by atoms with E-state index < -0.39 is 21.5 Å². The zero-order chi connectivity index (χ0) is 10.2. The Morgan fingerprint density at radius 2 is 1.77 bits per heavy atom. The molecule has 0 amide bonds. The normalized spacial score (nSPS) is 10.2. The third-order valence-corrected chi connectivity index (χ3v) is 2.60. The lowest BCUT2D eigenvalue weighted by atomic mass is 10.3. The fourth-order valence-corrected chi connectivity index (χ4v) is 1.30. The summed E-state index contributed by atoms with van der Waals surface area (Å²) in [4.78, 5) is 9.45. The van der Waals surface area contributed by atoms with E-state index in [1.807, 2.05) is 0 Å². The maximum absolute atomic E-state index is 12.8. The number of halogens is 4. The van der Waals surface area contributed by atoms with Crippen LogP contribution in [0.25, 0.3) is 0 Å². The summed E-state index contributed by atoms with van der Waals surface area (Å²) in [6.45, 7) is 0. The van der Waals surface area contributed by atoms with E-state index in [0.717, 1.165) is 0 Å². The molecule has 7 heteroatoms. The maximum atomic E-state index is 12.8. The molecule has 0 fully saturated rings. The molecule has 1 rings (SSSR count). The number of hydrogen-bond donors (Lipinski definition) is 0. The van der Waals surface area contributed by atoms with E-state index in [4.69, 9.17) is 34.8 Å². The monoisotopic (exact) mass is 243 g/mol. The van der Waals surface area contributed by atoms with E-state index in [-0.39, 0.29) is 10.0 Å². The van der Waals surface area contributed by atoms with Gasteiger partial charge in [0.2, 0.25) is 0 Å². The molecule has 0 heterocycles. The van der Waals surface area contributed by atoms with Crippen LogP contribution in [-0.2, 0) is 0 Å². The topological polar surface area (TPSA) is 43.1 Å². The van der Waals surface area contributed by atoms with Crippen molar-refractivity contribution in [2.24, 2.45) is 0 Å². The highest BCUT2D eigenvalue weighted by Crippen LogP contribution is 2.38. The van der Waals surface area contributed by atoms with Gasteiger partial charge in [-0.15, -0.1) is 0 Å². The predicted octanol–water partition coefficient (Wildman–Crippen LogP) is 3.69. The highest BCUT2D eigenvalue weighted by Gasteiger charge is 2.21. The molecule has 13 heavy (non-hydrogen) atoms. The molecule has 0 saturated carbocycles. The fourth-order valence-electron chi connectivity index (χ4n) is 0.693. The second-order valence-electron chi connectivity index (χ2n) is 2.08. The van der Waals surface area contributed by atoms with Crippen LogP contribution in [0.15, 0.2) is 6.07 Å². The molecule has 0 unspecified atom stereocenters. The van der Waals surface area contributed by atoms with Crippen molar-refractivity contribution in [3.63, 3.8) is 0 Å². The first-order chi connectivity index (χ1) is 5.95. The van der Waals surface area contributed by atoms with Crippen molar-refractivity contribution in [1.82, 2.24) is 0 Å². The summed E-state index contributed by atoms with van der Waals surface area (Å²) in [5.41, 5.74) is -0.603. The average molecular weight is 244 g/mol. The zero-order valence-electron chi connectivity index (χ0n) is 5.85. The Balaban J connectivity index is 3.50. The van der Waals surface area contributed by atoms with Gasteiger partial charge in [-0.1, -0.05) is 34.8 Å². The fraction of sp³-hybridized carbons (Fsp3) is 0. The lowest BCUT2D eigenvalue weighted by Crippen LogP contribution is -1.92. The minimum Gasteiger partial charge on any atom is -0.258 e. The minimum absolute atomic E-state index is 0.352. The van der Waals surface area contributed by atoms with Crippen LogP contribution < -0.4 is 0 Å². The Morgan fingerprint density at radius 1 is 1.23 bits per heavy atom. The molecule has 1 aromatic carbocycles. The highest BCUT2D eigenvalue weighted by atomic mass is 35.5. The average Bonchev–Trinajstić information content (AvgIpc) is 2.07. The second-order valence-corrected chi connectivity index (χ2v) is 3.21. The van der Waals surface area contributed by atoms with E-state index in [1.54, 1.807) is 0 Å². The molecule has 0 radical (unpaired) electrons. The van der Waals surface area contributed by atoms with Crippen molar-refractivity contribution in [2.45, 2.75) is 0 Å². The second kappa shape index (κ2) is 3.65. The van der Waals surface area contributed by atoms with Crippen molar-refractivity contribution in [1.29, 1.82) is 0 Å². The molecule has 3 nitrogen and oxygen atoms in total. The van der Waals surface area contributed by atoms with Crippen LogP contribution in [0.2, 0.25) is 15.1 Å². The molecule has 0 bridgehead atoms. The Bertz CT molecular complexity index is 383. The van der Waals surface area contributed by atoms with Crippen molar-refractivity contribution in [3.8, 4) is 0 Å². The van der Waals surface area contributed by atoms with Gasteiger partial charge in [-0.2, -0.15) is 0 Å². The van der Waals surface area contributed by atoms with Crippen molar-refractivity contribution in [2.75, 3.05) is 0 Å². The van der Waals surface area contributed by atoms with E-state index in [0.29, 0.717) is 6.07 Å². The summed E-state index contributed by atoms with van der Waals surface area (Å²) < 4.78 is 12.8. The van der Waals surface area contributed by atoms with Gasteiger partial charge in [-0.05, 0) is 0 Å². The molecule has 0 spiro atoms. The van der Waals surface area contributed by atoms with Crippen LogP contribution in [0.1, 0.15) is 0 Å².